The second-order valence-electron chi connectivity index (χ2n) is 4.60. The highest BCUT2D eigenvalue weighted by Crippen LogP contribution is 2.35. The minimum atomic E-state index is 0.840. The number of hydrogen-bond acceptors (Lipinski definition) is 4. The molecule has 1 aromatic heterocycles. The lowest BCUT2D eigenvalue weighted by Crippen LogP contribution is -2.01. The molecule has 2 rings (SSSR count). The van der Waals surface area contributed by atoms with Crippen molar-refractivity contribution in [1.82, 2.24) is 9.97 Å². The summed E-state index contributed by atoms with van der Waals surface area (Å²) in [4.78, 5) is 8.65. The predicted octanol–water partition coefficient (Wildman–Crippen LogP) is 3.12. The quantitative estimate of drug-likeness (QED) is 0.917. The average molecular weight is 257 g/mol. The van der Waals surface area contributed by atoms with Crippen molar-refractivity contribution in [3.8, 4) is 17.0 Å². The number of aryl methyl sites for hydroxylation is 2. The summed E-state index contributed by atoms with van der Waals surface area (Å²) in [7, 11) is 3.55. The monoisotopic (exact) mass is 257 g/mol. The van der Waals surface area contributed by atoms with Gasteiger partial charge in [-0.05, 0) is 38.0 Å². The van der Waals surface area contributed by atoms with Gasteiger partial charge in [-0.3, -0.25) is 0 Å². The van der Waals surface area contributed by atoms with Gasteiger partial charge in [-0.15, -0.1) is 0 Å². The number of methoxy groups -OCH3 is 1. The number of hydrogen-bond donors (Lipinski definition) is 1. The van der Waals surface area contributed by atoms with E-state index in [-0.39, 0.29) is 0 Å². The van der Waals surface area contributed by atoms with Crippen LogP contribution in [-0.2, 0) is 0 Å². The lowest BCUT2D eigenvalue weighted by Gasteiger charge is -2.15. The van der Waals surface area contributed by atoms with E-state index in [2.05, 4.69) is 35.2 Å². The lowest BCUT2D eigenvalue weighted by atomic mass is 9.98. The Morgan fingerprint density at radius 2 is 1.84 bits per heavy atom. The van der Waals surface area contributed by atoms with Crippen LogP contribution in [0, 0.1) is 20.8 Å². The highest BCUT2D eigenvalue weighted by Gasteiger charge is 2.15. The summed E-state index contributed by atoms with van der Waals surface area (Å²) in [6, 6.07) is 4.17. The van der Waals surface area contributed by atoms with Crippen molar-refractivity contribution in [3.63, 3.8) is 0 Å². The van der Waals surface area contributed by atoms with Gasteiger partial charge in [-0.2, -0.15) is 0 Å². The summed E-state index contributed by atoms with van der Waals surface area (Å²) in [5.74, 6) is 1.69. The Labute approximate surface area is 113 Å². The molecule has 0 unspecified atom stereocenters. The number of nitrogens with zero attached hydrogens (tertiary/aromatic N) is 2. The van der Waals surface area contributed by atoms with Crippen LogP contribution in [0.4, 0.5) is 5.82 Å². The van der Waals surface area contributed by atoms with Crippen LogP contribution in [0.2, 0.25) is 0 Å². The van der Waals surface area contributed by atoms with Gasteiger partial charge < -0.3 is 10.1 Å². The molecule has 0 fully saturated rings. The number of aromatic nitrogens is 2. The summed E-state index contributed by atoms with van der Waals surface area (Å²) in [5, 5.41) is 3.08. The second kappa shape index (κ2) is 5.26. The van der Waals surface area contributed by atoms with E-state index in [1.807, 2.05) is 20.0 Å². The molecule has 0 aliphatic rings. The van der Waals surface area contributed by atoms with Crippen molar-refractivity contribution < 1.29 is 4.74 Å². The van der Waals surface area contributed by atoms with E-state index in [0.29, 0.717) is 0 Å². The van der Waals surface area contributed by atoms with Crippen LogP contribution in [0.25, 0.3) is 11.3 Å². The molecular weight excluding hydrogens is 238 g/mol. The van der Waals surface area contributed by atoms with Crippen molar-refractivity contribution in [2.24, 2.45) is 0 Å². The molecule has 2 aromatic rings. The Balaban J connectivity index is 2.72. The van der Waals surface area contributed by atoms with Crippen molar-refractivity contribution in [1.29, 1.82) is 0 Å². The molecule has 0 aliphatic carbocycles. The van der Waals surface area contributed by atoms with Crippen LogP contribution in [0.3, 0.4) is 0 Å². The van der Waals surface area contributed by atoms with Crippen molar-refractivity contribution in [3.05, 3.63) is 35.2 Å². The standard InChI is InChI=1S/C15H19N3O/c1-9-6-10(2)13(12(7-9)19-5)14-11(3)15(16-4)18-8-17-14/h6-8H,1-5H3,(H,16,17,18). The molecule has 1 N–H and O–H groups in total. The lowest BCUT2D eigenvalue weighted by molar-refractivity contribution is 0.415. The maximum absolute atomic E-state index is 5.51. The van der Waals surface area contributed by atoms with Gasteiger partial charge in [0.25, 0.3) is 0 Å². The van der Waals surface area contributed by atoms with Gasteiger partial charge in [0, 0.05) is 18.2 Å². The van der Waals surface area contributed by atoms with E-state index in [1.165, 1.54) is 5.56 Å². The van der Waals surface area contributed by atoms with Crippen LogP contribution in [0.15, 0.2) is 18.5 Å². The van der Waals surface area contributed by atoms with E-state index in [0.717, 1.165) is 34.0 Å². The summed E-state index contributed by atoms with van der Waals surface area (Å²) in [6.45, 7) is 6.15. The fourth-order valence-corrected chi connectivity index (χ4v) is 2.35. The Bertz CT molecular complexity index is 609. The van der Waals surface area contributed by atoms with Crippen LogP contribution in [-0.4, -0.2) is 24.1 Å². The largest absolute Gasteiger partial charge is 0.496 e. The van der Waals surface area contributed by atoms with E-state index < -0.39 is 0 Å². The van der Waals surface area contributed by atoms with Gasteiger partial charge >= 0.3 is 0 Å². The molecule has 0 radical (unpaired) electrons. The van der Waals surface area contributed by atoms with Crippen molar-refractivity contribution in [2.75, 3.05) is 19.5 Å². The summed E-state index contributed by atoms with van der Waals surface area (Å²) < 4.78 is 5.51. The first-order valence-corrected chi connectivity index (χ1v) is 6.23. The van der Waals surface area contributed by atoms with E-state index in [1.54, 1.807) is 13.4 Å². The number of ether oxygens (including phenoxy) is 1. The summed E-state index contributed by atoms with van der Waals surface area (Å²) in [6.07, 6.45) is 1.58. The first-order chi connectivity index (χ1) is 9.08. The Hall–Kier alpha value is -2.10. The molecule has 1 aromatic carbocycles. The molecule has 19 heavy (non-hydrogen) atoms. The molecular formula is C15H19N3O. The van der Waals surface area contributed by atoms with Crippen molar-refractivity contribution in [2.45, 2.75) is 20.8 Å². The fourth-order valence-electron chi connectivity index (χ4n) is 2.35. The number of benzene rings is 1. The van der Waals surface area contributed by atoms with Crippen LogP contribution >= 0.6 is 0 Å². The zero-order valence-corrected chi connectivity index (χ0v) is 12.0. The Kier molecular flexibility index (Phi) is 3.69. The van der Waals surface area contributed by atoms with E-state index in [9.17, 15) is 0 Å². The third-order valence-corrected chi connectivity index (χ3v) is 3.22. The van der Waals surface area contributed by atoms with Gasteiger partial charge in [0.1, 0.15) is 17.9 Å². The SMILES string of the molecule is CNc1ncnc(-c2c(C)cc(C)cc2OC)c1C. The predicted molar refractivity (Wildman–Crippen MR) is 77.8 cm³/mol. The van der Waals surface area contributed by atoms with Crippen molar-refractivity contribution >= 4 is 5.82 Å². The molecule has 1 heterocycles. The average Bonchev–Trinajstić information content (AvgIpc) is 2.39. The van der Waals surface area contributed by atoms with Gasteiger partial charge in [0.2, 0.25) is 0 Å². The van der Waals surface area contributed by atoms with Gasteiger partial charge in [0.15, 0.2) is 0 Å². The molecule has 4 heteroatoms. The zero-order valence-electron chi connectivity index (χ0n) is 12.0. The second-order valence-corrected chi connectivity index (χ2v) is 4.60. The molecule has 0 spiro atoms. The van der Waals surface area contributed by atoms with E-state index in [4.69, 9.17) is 4.74 Å². The molecule has 4 nitrogen and oxygen atoms in total. The maximum Gasteiger partial charge on any atom is 0.132 e. The first-order valence-electron chi connectivity index (χ1n) is 6.23. The molecule has 0 atom stereocenters. The number of nitrogens with one attached hydrogen (secondary N) is 1. The Morgan fingerprint density at radius 3 is 2.47 bits per heavy atom. The topological polar surface area (TPSA) is 47.0 Å². The molecule has 100 valence electrons. The molecule has 0 bridgehead atoms. The third kappa shape index (κ3) is 2.38. The normalized spacial score (nSPS) is 10.4. The number of anilines is 1. The Morgan fingerprint density at radius 1 is 1.11 bits per heavy atom. The zero-order chi connectivity index (χ0) is 14.0. The first kappa shape index (κ1) is 13.3. The maximum atomic E-state index is 5.51. The van der Waals surface area contributed by atoms with Crippen LogP contribution in [0.5, 0.6) is 5.75 Å². The number of rotatable bonds is 3. The molecule has 0 aliphatic heterocycles. The highest BCUT2D eigenvalue weighted by atomic mass is 16.5. The smallest absolute Gasteiger partial charge is 0.132 e. The summed E-state index contributed by atoms with van der Waals surface area (Å²) in [5.41, 5.74) is 5.30. The van der Waals surface area contributed by atoms with Gasteiger partial charge in [-0.1, -0.05) is 6.07 Å². The van der Waals surface area contributed by atoms with Gasteiger partial charge in [0.05, 0.1) is 12.8 Å². The highest BCUT2D eigenvalue weighted by molar-refractivity contribution is 5.76. The van der Waals surface area contributed by atoms with Crippen LogP contribution in [0.1, 0.15) is 16.7 Å². The molecule has 0 amide bonds. The minimum Gasteiger partial charge on any atom is -0.496 e. The molecule has 0 saturated carbocycles. The fraction of sp³-hybridized carbons (Fsp3) is 0.333. The minimum absolute atomic E-state index is 0.840. The molecule has 0 saturated heterocycles. The van der Waals surface area contributed by atoms with Gasteiger partial charge in [-0.25, -0.2) is 9.97 Å². The third-order valence-electron chi connectivity index (χ3n) is 3.22. The summed E-state index contributed by atoms with van der Waals surface area (Å²) >= 11 is 0. The van der Waals surface area contributed by atoms with E-state index >= 15 is 0 Å². The van der Waals surface area contributed by atoms with Crippen LogP contribution < -0.4 is 10.1 Å².